The highest BCUT2D eigenvalue weighted by molar-refractivity contribution is 6.37. The maximum absolute atomic E-state index is 12.9. The quantitative estimate of drug-likeness (QED) is 0.280. The molecule has 0 aliphatic carbocycles. The van der Waals surface area contributed by atoms with Crippen molar-refractivity contribution in [1.29, 1.82) is 0 Å². The van der Waals surface area contributed by atoms with E-state index in [2.05, 4.69) is 10.3 Å². The molecule has 0 radical (unpaired) electrons. The Kier molecular flexibility index (Phi) is 7.05. The van der Waals surface area contributed by atoms with Gasteiger partial charge in [-0.05, 0) is 48.5 Å². The molecule has 0 spiro atoms. The summed E-state index contributed by atoms with van der Waals surface area (Å²) < 4.78 is 5.27. The smallest absolute Gasteiger partial charge is 0.339 e. The van der Waals surface area contributed by atoms with Crippen molar-refractivity contribution in [3.8, 4) is 11.3 Å². The van der Waals surface area contributed by atoms with Crippen molar-refractivity contribution >= 4 is 74.9 Å². The number of esters is 1. The van der Waals surface area contributed by atoms with Gasteiger partial charge in [0.1, 0.15) is 0 Å². The van der Waals surface area contributed by atoms with E-state index < -0.39 is 18.5 Å². The molecule has 4 aromatic rings. The summed E-state index contributed by atoms with van der Waals surface area (Å²) in [4.78, 5) is 29.8. The number of anilines is 1. The largest absolute Gasteiger partial charge is 0.452 e. The van der Waals surface area contributed by atoms with Crippen molar-refractivity contribution < 1.29 is 14.3 Å². The number of rotatable bonds is 5. The first kappa shape index (κ1) is 23.3. The fourth-order valence-corrected chi connectivity index (χ4v) is 4.13. The van der Waals surface area contributed by atoms with E-state index in [-0.39, 0.29) is 10.6 Å². The minimum absolute atomic E-state index is 0.249. The SMILES string of the molecule is O=C(COC(=O)c1cc(-c2ccc(Cl)cc2Cl)nc2ccccc12)Nc1ccc(Cl)cc1Cl. The first-order valence-electron chi connectivity index (χ1n) is 9.59. The van der Waals surface area contributed by atoms with Crippen LogP contribution in [-0.2, 0) is 9.53 Å². The van der Waals surface area contributed by atoms with Crippen molar-refractivity contribution in [1.82, 2.24) is 4.98 Å². The monoisotopic (exact) mass is 518 g/mol. The Labute approximate surface area is 209 Å². The number of para-hydroxylation sites is 1. The molecule has 1 amide bonds. The Morgan fingerprint density at radius 2 is 1.55 bits per heavy atom. The number of carbonyl (C=O) groups is 2. The number of pyridine rings is 1. The Balaban J connectivity index is 1.59. The predicted octanol–water partition coefficient (Wildman–Crippen LogP) is 7.31. The molecule has 0 fully saturated rings. The Morgan fingerprint density at radius 1 is 0.848 bits per heavy atom. The molecule has 1 aromatic heterocycles. The van der Waals surface area contributed by atoms with Crippen LogP contribution in [0.2, 0.25) is 20.1 Å². The van der Waals surface area contributed by atoms with Crippen molar-refractivity contribution in [3.63, 3.8) is 0 Å². The maximum Gasteiger partial charge on any atom is 0.339 e. The standard InChI is InChI=1S/C24H14Cl4N2O3/c25-13-5-7-16(18(27)9-13)22-11-17(15-3-1-2-4-20(15)29-22)24(32)33-12-23(31)30-21-8-6-14(26)10-19(21)28/h1-11H,12H2,(H,30,31). The second-order valence-corrected chi connectivity index (χ2v) is 8.63. The van der Waals surface area contributed by atoms with Crippen LogP contribution in [0, 0.1) is 0 Å². The molecule has 0 aliphatic heterocycles. The van der Waals surface area contributed by atoms with Crippen molar-refractivity contribution in [2.75, 3.05) is 11.9 Å². The second kappa shape index (κ2) is 9.98. The molecule has 33 heavy (non-hydrogen) atoms. The predicted molar refractivity (Wildman–Crippen MR) is 133 cm³/mol. The molecule has 1 N–H and O–H groups in total. The van der Waals surface area contributed by atoms with E-state index in [1.807, 2.05) is 0 Å². The summed E-state index contributed by atoms with van der Waals surface area (Å²) in [7, 11) is 0. The van der Waals surface area contributed by atoms with Crippen LogP contribution < -0.4 is 5.32 Å². The molecule has 4 rings (SSSR count). The average molecular weight is 520 g/mol. The molecule has 0 saturated heterocycles. The van der Waals surface area contributed by atoms with E-state index in [0.29, 0.717) is 42.9 Å². The topological polar surface area (TPSA) is 68.3 Å². The molecule has 9 heteroatoms. The number of halogens is 4. The lowest BCUT2D eigenvalue weighted by Crippen LogP contribution is -2.21. The molecule has 5 nitrogen and oxygen atoms in total. The zero-order valence-electron chi connectivity index (χ0n) is 16.7. The van der Waals surface area contributed by atoms with Gasteiger partial charge in [0.05, 0.1) is 32.5 Å². The molecule has 0 bridgehead atoms. The molecule has 0 aliphatic rings. The third-order valence-electron chi connectivity index (χ3n) is 4.68. The highest BCUT2D eigenvalue weighted by Crippen LogP contribution is 2.32. The zero-order valence-corrected chi connectivity index (χ0v) is 19.8. The van der Waals surface area contributed by atoms with Crippen molar-refractivity contribution in [2.45, 2.75) is 0 Å². The highest BCUT2D eigenvalue weighted by atomic mass is 35.5. The van der Waals surface area contributed by atoms with Gasteiger partial charge in [-0.1, -0.05) is 64.6 Å². The summed E-state index contributed by atoms with van der Waals surface area (Å²) in [6.07, 6.45) is 0. The van der Waals surface area contributed by atoms with Crippen molar-refractivity contribution in [2.24, 2.45) is 0 Å². The lowest BCUT2D eigenvalue weighted by molar-refractivity contribution is -0.119. The molecular weight excluding hydrogens is 506 g/mol. The minimum Gasteiger partial charge on any atom is -0.452 e. The van der Waals surface area contributed by atoms with Crippen LogP contribution in [0.3, 0.4) is 0 Å². The van der Waals surface area contributed by atoms with Crippen LogP contribution >= 0.6 is 46.4 Å². The van der Waals surface area contributed by atoms with Crippen molar-refractivity contribution in [3.05, 3.63) is 92.4 Å². The molecular formula is C24H14Cl4N2O3. The highest BCUT2D eigenvalue weighted by Gasteiger charge is 2.18. The van der Waals surface area contributed by atoms with Gasteiger partial charge >= 0.3 is 5.97 Å². The summed E-state index contributed by atoms with van der Waals surface area (Å²) in [5.74, 6) is -1.23. The third-order valence-corrected chi connectivity index (χ3v) is 5.78. The summed E-state index contributed by atoms with van der Waals surface area (Å²) in [6, 6.07) is 18.3. The van der Waals surface area contributed by atoms with Gasteiger partial charge < -0.3 is 10.1 Å². The van der Waals surface area contributed by atoms with Gasteiger partial charge in [-0.25, -0.2) is 9.78 Å². The van der Waals surface area contributed by atoms with Gasteiger partial charge in [-0.2, -0.15) is 0 Å². The third kappa shape index (κ3) is 5.40. The summed E-state index contributed by atoms with van der Waals surface area (Å²) in [5, 5.41) is 4.74. The van der Waals surface area contributed by atoms with Gasteiger partial charge in [-0.15, -0.1) is 0 Å². The number of fused-ring (bicyclic) bond motifs is 1. The van der Waals surface area contributed by atoms with E-state index in [9.17, 15) is 9.59 Å². The number of benzene rings is 3. The second-order valence-electron chi connectivity index (χ2n) is 6.94. The number of hydrogen-bond donors (Lipinski definition) is 1. The van der Waals surface area contributed by atoms with Crippen LogP contribution in [0.5, 0.6) is 0 Å². The number of hydrogen-bond acceptors (Lipinski definition) is 4. The minimum atomic E-state index is -0.683. The number of nitrogens with one attached hydrogen (secondary N) is 1. The lowest BCUT2D eigenvalue weighted by atomic mass is 10.0. The van der Waals surface area contributed by atoms with Crippen LogP contribution in [0.1, 0.15) is 10.4 Å². The molecule has 0 saturated carbocycles. The van der Waals surface area contributed by atoms with Crippen LogP contribution in [-0.4, -0.2) is 23.5 Å². The fourth-order valence-electron chi connectivity index (χ4n) is 3.17. The van der Waals surface area contributed by atoms with E-state index in [1.165, 1.54) is 6.07 Å². The number of carbonyl (C=O) groups excluding carboxylic acids is 2. The molecule has 3 aromatic carbocycles. The number of aromatic nitrogens is 1. The summed E-state index contributed by atoms with van der Waals surface area (Å²) in [6.45, 7) is -0.508. The average Bonchev–Trinajstić information content (AvgIpc) is 2.78. The summed E-state index contributed by atoms with van der Waals surface area (Å²) in [5.41, 5.74) is 2.26. The van der Waals surface area contributed by atoms with Gasteiger partial charge in [-0.3, -0.25) is 4.79 Å². The lowest BCUT2D eigenvalue weighted by Gasteiger charge is -2.12. The number of nitrogens with zero attached hydrogens (tertiary/aromatic N) is 1. The zero-order chi connectivity index (χ0) is 23.5. The molecule has 0 unspecified atom stereocenters. The maximum atomic E-state index is 12.9. The van der Waals surface area contributed by atoms with E-state index in [4.69, 9.17) is 51.1 Å². The first-order chi connectivity index (χ1) is 15.8. The summed E-state index contributed by atoms with van der Waals surface area (Å²) >= 11 is 24.3. The molecule has 1 heterocycles. The fraction of sp³-hybridized carbons (Fsp3) is 0.0417. The molecule has 0 atom stereocenters. The van der Waals surface area contributed by atoms with Crippen LogP contribution in [0.25, 0.3) is 22.2 Å². The Morgan fingerprint density at radius 3 is 2.27 bits per heavy atom. The number of ether oxygens (including phenoxy) is 1. The van der Waals surface area contributed by atoms with E-state index in [0.717, 1.165) is 0 Å². The number of amides is 1. The van der Waals surface area contributed by atoms with Crippen LogP contribution in [0.4, 0.5) is 5.69 Å². The van der Waals surface area contributed by atoms with Gasteiger partial charge in [0.2, 0.25) is 0 Å². The van der Waals surface area contributed by atoms with Gasteiger partial charge in [0.25, 0.3) is 5.91 Å². The normalized spacial score (nSPS) is 10.8. The first-order valence-corrected chi connectivity index (χ1v) is 11.1. The van der Waals surface area contributed by atoms with Crippen LogP contribution in [0.15, 0.2) is 66.7 Å². The molecule has 166 valence electrons. The van der Waals surface area contributed by atoms with E-state index in [1.54, 1.807) is 60.7 Å². The van der Waals surface area contributed by atoms with Gasteiger partial charge in [0, 0.05) is 21.0 Å². The Bertz CT molecular complexity index is 1390. The Hall–Kier alpha value is -2.83. The van der Waals surface area contributed by atoms with Gasteiger partial charge in [0.15, 0.2) is 6.61 Å². The van der Waals surface area contributed by atoms with E-state index >= 15 is 0 Å².